The molecule has 0 radical (unpaired) electrons. The number of hydrogen-bond donors (Lipinski definition) is 1. The van der Waals surface area contributed by atoms with Crippen molar-refractivity contribution >= 4 is 12.0 Å². The summed E-state index contributed by atoms with van der Waals surface area (Å²) in [5, 5.41) is 11.9. The minimum absolute atomic E-state index is 0.0245. The summed E-state index contributed by atoms with van der Waals surface area (Å²) in [4.78, 5) is 12.1. The van der Waals surface area contributed by atoms with Crippen LogP contribution in [0.25, 0.3) is 6.08 Å². The predicted octanol–water partition coefficient (Wildman–Crippen LogP) is 3.85. The molecule has 0 saturated carbocycles. The molecule has 28 heavy (non-hydrogen) atoms. The summed E-state index contributed by atoms with van der Waals surface area (Å²) in [6, 6.07) is 15.2. The van der Waals surface area contributed by atoms with E-state index in [-0.39, 0.29) is 18.0 Å². The Kier molecular flexibility index (Phi) is 8.70. The summed E-state index contributed by atoms with van der Waals surface area (Å²) in [6.45, 7) is 3.68. The predicted molar refractivity (Wildman–Crippen MR) is 105 cm³/mol. The van der Waals surface area contributed by atoms with E-state index in [1.807, 2.05) is 13.0 Å². The molecule has 2 aromatic carbocycles. The van der Waals surface area contributed by atoms with E-state index in [0.29, 0.717) is 43.1 Å². The van der Waals surface area contributed by atoms with E-state index in [4.69, 9.17) is 9.47 Å². The number of rotatable bonds is 10. The summed E-state index contributed by atoms with van der Waals surface area (Å²) in [5.74, 6) is -0.161. The van der Waals surface area contributed by atoms with E-state index in [1.54, 1.807) is 42.5 Å². The second-order valence-corrected chi connectivity index (χ2v) is 5.93. The molecule has 0 aliphatic carbocycles. The first-order valence-corrected chi connectivity index (χ1v) is 9.08. The topological polar surface area (TPSA) is 71.3 Å². The number of amides is 1. The van der Waals surface area contributed by atoms with Crippen LogP contribution in [0.1, 0.15) is 24.5 Å². The average molecular weight is 382 g/mol. The maximum Gasteiger partial charge on any atom is 0.261 e. The Morgan fingerprint density at radius 3 is 2.64 bits per heavy atom. The van der Waals surface area contributed by atoms with Crippen LogP contribution in [0.5, 0.6) is 5.75 Å². The molecule has 2 aromatic rings. The molecule has 6 heteroatoms. The van der Waals surface area contributed by atoms with Gasteiger partial charge in [0.2, 0.25) is 0 Å². The number of benzene rings is 2. The van der Waals surface area contributed by atoms with Crippen LogP contribution >= 0.6 is 0 Å². The van der Waals surface area contributed by atoms with E-state index >= 15 is 0 Å². The normalized spacial score (nSPS) is 11.0. The van der Waals surface area contributed by atoms with E-state index < -0.39 is 5.91 Å². The second-order valence-electron chi connectivity index (χ2n) is 5.93. The van der Waals surface area contributed by atoms with Gasteiger partial charge in [-0.2, -0.15) is 5.26 Å². The highest BCUT2D eigenvalue weighted by Gasteiger charge is 2.08. The Labute approximate surface area is 164 Å². The van der Waals surface area contributed by atoms with Gasteiger partial charge in [-0.25, -0.2) is 4.39 Å². The third kappa shape index (κ3) is 6.86. The highest BCUT2D eigenvalue weighted by Crippen LogP contribution is 2.17. The van der Waals surface area contributed by atoms with E-state index in [1.165, 1.54) is 12.1 Å². The van der Waals surface area contributed by atoms with Gasteiger partial charge in [-0.15, -0.1) is 0 Å². The Morgan fingerprint density at radius 2 is 1.96 bits per heavy atom. The van der Waals surface area contributed by atoms with Crippen LogP contribution in [0, 0.1) is 17.1 Å². The molecule has 0 heterocycles. The van der Waals surface area contributed by atoms with Crippen molar-refractivity contribution in [1.29, 1.82) is 5.26 Å². The van der Waals surface area contributed by atoms with Gasteiger partial charge >= 0.3 is 0 Å². The smallest absolute Gasteiger partial charge is 0.261 e. The fourth-order valence-corrected chi connectivity index (χ4v) is 2.37. The van der Waals surface area contributed by atoms with Crippen molar-refractivity contribution in [3.05, 3.63) is 71.0 Å². The summed E-state index contributed by atoms with van der Waals surface area (Å²) in [6.07, 6.45) is 2.20. The number of halogens is 1. The zero-order valence-corrected chi connectivity index (χ0v) is 15.8. The van der Waals surface area contributed by atoms with Gasteiger partial charge in [-0.1, -0.05) is 30.3 Å². The average Bonchev–Trinajstić information content (AvgIpc) is 2.72. The third-order valence-electron chi connectivity index (χ3n) is 3.86. The lowest BCUT2D eigenvalue weighted by molar-refractivity contribution is -0.117. The lowest BCUT2D eigenvalue weighted by Crippen LogP contribution is -2.26. The minimum atomic E-state index is -0.418. The molecule has 0 atom stereocenters. The largest absolute Gasteiger partial charge is 0.489 e. The number of carbonyl (C=O) groups excluding carboxylic acids is 1. The van der Waals surface area contributed by atoms with Crippen LogP contribution in [-0.4, -0.2) is 25.7 Å². The molecule has 0 spiro atoms. The molecule has 146 valence electrons. The first kappa shape index (κ1) is 21.1. The Morgan fingerprint density at radius 1 is 1.21 bits per heavy atom. The fourth-order valence-electron chi connectivity index (χ4n) is 2.37. The molecule has 5 nitrogen and oxygen atoms in total. The standard InChI is InChI=1S/C22H23FN2O3/c1-2-27-13-5-12-25-22(26)19(15-24)14-17-8-10-20(11-9-17)28-16-18-6-3-4-7-21(18)23/h3-4,6-11,14H,2,5,12-13,16H2,1H3,(H,25,26)/b19-14+. The second kappa shape index (κ2) is 11.5. The SMILES string of the molecule is CCOCCCNC(=O)/C(C#N)=C/c1ccc(OCc2ccccc2F)cc1. The molecule has 1 N–H and O–H groups in total. The van der Waals surface area contributed by atoms with Gasteiger partial charge in [0.05, 0.1) is 0 Å². The van der Waals surface area contributed by atoms with Crippen LogP contribution < -0.4 is 10.1 Å². The molecule has 0 saturated heterocycles. The van der Waals surface area contributed by atoms with Crippen molar-refractivity contribution in [3.63, 3.8) is 0 Å². The Hall–Kier alpha value is -3.17. The molecule has 0 fully saturated rings. The zero-order valence-electron chi connectivity index (χ0n) is 15.8. The zero-order chi connectivity index (χ0) is 20.2. The Balaban J connectivity index is 1.90. The minimum Gasteiger partial charge on any atom is -0.489 e. The first-order valence-electron chi connectivity index (χ1n) is 9.08. The van der Waals surface area contributed by atoms with Crippen LogP contribution in [0.3, 0.4) is 0 Å². The van der Waals surface area contributed by atoms with Crippen molar-refractivity contribution in [2.24, 2.45) is 0 Å². The molecule has 1 amide bonds. The highest BCUT2D eigenvalue weighted by molar-refractivity contribution is 6.01. The highest BCUT2D eigenvalue weighted by atomic mass is 19.1. The van der Waals surface area contributed by atoms with Crippen LogP contribution in [0.15, 0.2) is 54.1 Å². The summed E-state index contributed by atoms with van der Waals surface area (Å²) >= 11 is 0. The lowest BCUT2D eigenvalue weighted by atomic mass is 10.1. The first-order chi connectivity index (χ1) is 13.6. The molecule has 0 aliphatic heterocycles. The fraction of sp³-hybridized carbons (Fsp3) is 0.273. The van der Waals surface area contributed by atoms with Gasteiger partial charge in [0.25, 0.3) is 5.91 Å². The molecule has 0 aromatic heterocycles. The van der Waals surface area contributed by atoms with Crippen LogP contribution in [0.4, 0.5) is 4.39 Å². The number of nitrogens with zero attached hydrogens (tertiary/aromatic N) is 1. The van der Waals surface area contributed by atoms with Gasteiger partial charge < -0.3 is 14.8 Å². The van der Waals surface area contributed by atoms with Crippen molar-refractivity contribution in [3.8, 4) is 11.8 Å². The molecule has 0 aliphatic rings. The number of nitriles is 1. The number of nitrogens with one attached hydrogen (secondary N) is 1. The van der Waals surface area contributed by atoms with E-state index in [0.717, 1.165) is 0 Å². The monoisotopic (exact) mass is 382 g/mol. The van der Waals surface area contributed by atoms with Gasteiger partial charge in [0.15, 0.2) is 0 Å². The van der Waals surface area contributed by atoms with Crippen molar-refractivity contribution in [2.75, 3.05) is 19.8 Å². The van der Waals surface area contributed by atoms with Crippen LogP contribution in [0.2, 0.25) is 0 Å². The van der Waals surface area contributed by atoms with Crippen LogP contribution in [-0.2, 0) is 16.1 Å². The molecule has 2 rings (SSSR count). The summed E-state index contributed by atoms with van der Waals surface area (Å²) in [7, 11) is 0. The van der Waals surface area contributed by atoms with Gasteiger partial charge in [0, 0.05) is 25.3 Å². The van der Waals surface area contributed by atoms with E-state index in [9.17, 15) is 14.4 Å². The molecular formula is C22H23FN2O3. The van der Waals surface area contributed by atoms with Gasteiger partial charge in [-0.3, -0.25) is 4.79 Å². The summed E-state index contributed by atoms with van der Waals surface area (Å²) in [5.41, 5.74) is 1.19. The lowest BCUT2D eigenvalue weighted by Gasteiger charge is -2.07. The molecule has 0 unspecified atom stereocenters. The third-order valence-corrected chi connectivity index (χ3v) is 3.86. The van der Waals surface area contributed by atoms with Crippen molar-refractivity contribution in [1.82, 2.24) is 5.32 Å². The number of carbonyl (C=O) groups is 1. The maximum atomic E-state index is 13.6. The molecular weight excluding hydrogens is 359 g/mol. The summed E-state index contributed by atoms with van der Waals surface area (Å²) < 4.78 is 24.4. The van der Waals surface area contributed by atoms with E-state index in [2.05, 4.69) is 5.32 Å². The molecule has 0 bridgehead atoms. The maximum absolute atomic E-state index is 13.6. The Bertz CT molecular complexity index is 842. The van der Waals surface area contributed by atoms with Crippen molar-refractivity contribution < 1.29 is 18.7 Å². The number of ether oxygens (including phenoxy) is 2. The van der Waals surface area contributed by atoms with Gasteiger partial charge in [0.1, 0.15) is 29.8 Å². The number of hydrogen-bond acceptors (Lipinski definition) is 4. The van der Waals surface area contributed by atoms with Crippen molar-refractivity contribution in [2.45, 2.75) is 20.0 Å². The van der Waals surface area contributed by atoms with Gasteiger partial charge in [-0.05, 0) is 43.2 Å². The quantitative estimate of drug-likeness (QED) is 0.385.